The van der Waals surface area contributed by atoms with Gasteiger partial charge >= 0.3 is 12.1 Å². The highest BCUT2D eigenvalue weighted by Gasteiger charge is 2.22. The molecule has 0 bridgehead atoms. The summed E-state index contributed by atoms with van der Waals surface area (Å²) >= 11 is 1.25. The number of methoxy groups -OCH3 is 1. The van der Waals surface area contributed by atoms with Gasteiger partial charge in [0.15, 0.2) is 16.9 Å². The number of anilines is 1. The molecule has 0 aliphatic carbocycles. The van der Waals surface area contributed by atoms with Crippen molar-refractivity contribution in [2.45, 2.75) is 19.6 Å². The van der Waals surface area contributed by atoms with E-state index in [0.717, 1.165) is 12.7 Å². The number of thiazole rings is 1. The molecule has 25 heavy (non-hydrogen) atoms. The van der Waals surface area contributed by atoms with Crippen LogP contribution in [0.4, 0.5) is 9.93 Å². The van der Waals surface area contributed by atoms with E-state index in [1.165, 1.54) is 23.6 Å². The van der Waals surface area contributed by atoms with Crippen LogP contribution in [-0.4, -0.2) is 36.2 Å². The molecule has 0 unspecified atom stereocenters. The number of hydrogen-bond acceptors (Lipinski definition) is 8. The Morgan fingerprint density at radius 2 is 1.96 bits per heavy atom. The lowest BCUT2D eigenvalue weighted by Crippen LogP contribution is -2.39. The van der Waals surface area contributed by atoms with E-state index in [-0.39, 0.29) is 5.69 Å². The number of esters is 1. The molecule has 8 nitrogen and oxygen atoms in total. The lowest BCUT2D eigenvalue weighted by atomic mass is 10.2. The third-order valence-corrected chi connectivity index (χ3v) is 3.86. The Morgan fingerprint density at radius 3 is 2.64 bits per heavy atom. The van der Waals surface area contributed by atoms with Gasteiger partial charge in [-0.2, -0.15) is 0 Å². The van der Waals surface area contributed by atoms with Gasteiger partial charge in [-0.15, -0.1) is 11.3 Å². The van der Waals surface area contributed by atoms with Gasteiger partial charge in [-0.3, -0.25) is 10.1 Å². The predicted octanol–water partition coefficient (Wildman–Crippen LogP) is 2.18. The van der Waals surface area contributed by atoms with Gasteiger partial charge in [-0.25, -0.2) is 14.6 Å². The second-order valence-electron chi connectivity index (χ2n) is 4.91. The molecule has 2 aromatic rings. The van der Waals surface area contributed by atoms with Crippen LogP contribution in [0, 0.1) is 0 Å². The third kappa shape index (κ3) is 5.57. The Kier molecular flexibility index (Phi) is 6.47. The van der Waals surface area contributed by atoms with Gasteiger partial charge in [0.1, 0.15) is 0 Å². The van der Waals surface area contributed by atoms with Gasteiger partial charge in [-0.1, -0.05) is 30.3 Å². The summed E-state index contributed by atoms with van der Waals surface area (Å²) in [6.07, 6.45) is -2.08. The standard InChI is InChI=1S/C16H17N3O5S/c1-10(13(20)19-16(22)23-2)24-14(21)12-9-25-15(18-12)17-8-11-6-4-3-5-7-11/h3-7,9-10H,8H2,1-2H3,(H,17,18)(H,19,20,22)/t10-/m0/s1. The van der Waals surface area contributed by atoms with Crippen molar-refractivity contribution in [3.05, 3.63) is 47.0 Å². The fraction of sp³-hybridized carbons (Fsp3) is 0.250. The van der Waals surface area contributed by atoms with Crippen molar-refractivity contribution in [1.29, 1.82) is 0 Å². The molecule has 132 valence electrons. The first kappa shape index (κ1) is 18.4. The maximum Gasteiger partial charge on any atom is 0.413 e. The minimum atomic E-state index is -1.16. The summed E-state index contributed by atoms with van der Waals surface area (Å²) in [7, 11) is 1.12. The summed E-state index contributed by atoms with van der Waals surface area (Å²) in [5, 5.41) is 7.11. The number of amides is 2. The van der Waals surface area contributed by atoms with Crippen molar-refractivity contribution in [3.8, 4) is 0 Å². The fourth-order valence-electron chi connectivity index (χ4n) is 1.75. The molecule has 0 radical (unpaired) electrons. The zero-order valence-corrected chi connectivity index (χ0v) is 14.5. The summed E-state index contributed by atoms with van der Waals surface area (Å²) in [5.41, 5.74) is 1.16. The fourth-order valence-corrected chi connectivity index (χ4v) is 2.43. The van der Waals surface area contributed by atoms with Crippen LogP contribution in [0.25, 0.3) is 0 Å². The van der Waals surface area contributed by atoms with Gasteiger partial charge in [0.25, 0.3) is 5.91 Å². The Bertz CT molecular complexity index is 747. The Hall–Kier alpha value is -2.94. The first-order chi connectivity index (χ1) is 12.0. The second kappa shape index (κ2) is 8.78. The Morgan fingerprint density at radius 1 is 1.24 bits per heavy atom. The molecule has 1 aromatic carbocycles. The highest BCUT2D eigenvalue weighted by atomic mass is 32.1. The number of nitrogens with one attached hydrogen (secondary N) is 2. The molecule has 1 atom stereocenters. The average Bonchev–Trinajstić information content (AvgIpc) is 3.09. The van der Waals surface area contributed by atoms with E-state index in [2.05, 4.69) is 15.0 Å². The van der Waals surface area contributed by atoms with E-state index < -0.39 is 24.1 Å². The number of benzene rings is 1. The van der Waals surface area contributed by atoms with Gasteiger partial charge in [0.05, 0.1) is 7.11 Å². The largest absolute Gasteiger partial charge is 0.453 e. The number of carbonyl (C=O) groups excluding carboxylic acids is 3. The van der Waals surface area contributed by atoms with E-state index in [9.17, 15) is 14.4 Å². The number of hydrogen-bond donors (Lipinski definition) is 2. The molecule has 1 aromatic heterocycles. The Balaban J connectivity index is 1.87. The molecule has 9 heteroatoms. The molecule has 0 aliphatic heterocycles. The van der Waals surface area contributed by atoms with E-state index in [4.69, 9.17) is 4.74 Å². The van der Waals surface area contributed by atoms with Crippen LogP contribution in [0.1, 0.15) is 23.0 Å². The molecule has 2 amide bonds. The number of imide groups is 1. The van der Waals surface area contributed by atoms with Crippen molar-refractivity contribution in [2.24, 2.45) is 0 Å². The summed E-state index contributed by atoms with van der Waals surface area (Å²) in [6, 6.07) is 9.73. The zero-order chi connectivity index (χ0) is 18.2. The van der Waals surface area contributed by atoms with Gasteiger partial charge in [0, 0.05) is 11.9 Å². The number of carbonyl (C=O) groups is 3. The lowest BCUT2D eigenvalue weighted by Gasteiger charge is -2.11. The van der Waals surface area contributed by atoms with Crippen molar-refractivity contribution in [3.63, 3.8) is 0 Å². The average molecular weight is 363 g/mol. The number of rotatable bonds is 6. The monoisotopic (exact) mass is 363 g/mol. The molecule has 0 saturated carbocycles. The molecular weight excluding hydrogens is 346 g/mol. The lowest BCUT2D eigenvalue weighted by molar-refractivity contribution is -0.128. The SMILES string of the molecule is COC(=O)NC(=O)[C@H](C)OC(=O)c1csc(NCc2ccccc2)n1. The maximum absolute atomic E-state index is 12.0. The molecule has 0 aliphatic rings. The van der Waals surface area contributed by atoms with Gasteiger partial charge in [0.2, 0.25) is 0 Å². The van der Waals surface area contributed by atoms with Crippen molar-refractivity contribution in [2.75, 3.05) is 12.4 Å². The van der Waals surface area contributed by atoms with Crippen LogP contribution in [0.3, 0.4) is 0 Å². The molecule has 1 heterocycles. The van der Waals surface area contributed by atoms with Crippen molar-refractivity contribution < 1.29 is 23.9 Å². The number of alkyl carbamates (subject to hydrolysis) is 1. The highest BCUT2D eigenvalue weighted by Crippen LogP contribution is 2.17. The van der Waals surface area contributed by atoms with Gasteiger partial charge in [-0.05, 0) is 12.5 Å². The molecule has 0 fully saturated rings. The minimum Gasteiger partial charge on any atom is -0.453 e. The maximum atomic E-state index is 12.0. The molecular formula is C16H17N3O5S. The van der Waals surface area contributed by atoms with E-state index >= 15 is 0 Å². The first-order valence-electron chi connectivity index (χ1n) is 7.32. The van der Waals surface area contributed by atoms with E-state index in [1.807, 2.05) is 35.6 Å². The summed E-state index contributed by atoms with van der Waals surface area (Å²) in [5.74, 6) is -1.53. The second-order valence-corrected chi connectivity index (χ2v) is 5.76. The number of aromatic nitrogens is 1. The van der Waals surface area contributed by atoms with Crippen molar-refractivity contribution >= 4 is 34.4 Å². The summed E-state index contributed by atoms with van der Waals surface area (Å²) in [4.78, 5) is 38.7. The quantitative estimate of drug-likeness (QED) is 0.758. The molecule has 2 N–H and O–H groups in total. The van der Waals surface area contributed by atoms with Crippen LogP contribution >= 0.6 is 11.3 Å². The normalized spacial score (nSPS) is 11.3. The first-order valence-corrected chi connectivity index (χ1v) is 8.20. The third-order valence-electron chi connectivity index (χ3n) is 3.06. The minimum absolute atomic E-state index is 0.0817. The predicted molar refractivity (Wildman–Crippen MR) is 91.3 cm³/mol. The summed E-state index contributed by atoms with van der Waals surface area (Å²) < 4.78 is 9.27. The number of nitrogens with zero attached hydrogens (tertiary/aromatic N) is 1. The topological polar surface area (TPSA) is 107 Å². The summed E-state index contributed by atoms with van der Waals surface area (Å²) in [6.45, 7) is 1.91. The van der Waals surface area contributed by atoms with Crippen molar-refractivity contribution in [1.82, 2.24) is 10.3 Å². The van der Waals surface area contributed by atoms with Crippen LogP contribution in [-0.2, 0) is 20.8 Å². The number of ether oxygens (including phenoxy) is 2. The van der Waals surface area contributed by atoms with Crippen LogP contribution in [0.2, 0.25) is 0 Å². The molecule has 0 saturated heterocycles. The van der Waals surface area contributed by atoms with E-state index in [1.54, 1.807) is 0 Å². The smallest absolute Gasteiger partial charge is 0.413 e. The van der Waals surface area contributed by atoms with Gasteiger partial charge < -0.3 is 14.8 Å². The van der Waals surface area contributed by atoms with Crippen LogP contribution < -0.4 is 10.6 Å². The molecule has 2 rings (SSSR count). The Labute approximate surface area is 148 Å². The van der Waals surface area contributed by atoms with Crippen LogP contribution in [0.15, 0.2) is 35.7 Å². The highest BCUT2D eigenvalue weighted by molar-refractivity contribution is 7.13. The van der Waals surface area contributed by atoms with E-state index in [0.29, 0.717) is 11.7 Å². The van der Waals surface area contributed by atoms with Crippen LogP contribution in [0.5, 0.6) is 0 Å². The zero-order valence-electron chi connectivity index (χ0n) is 13.6. The molecule has 0 spiro atoms.